The molecule has 41 heavy (non-hydrogen) atoms. The van der Waals surface area contributed by atoms with Crippen LogP contribution < -0.4 is 0 Å². The number of esters is 1. The van der Waals surface area contributed by atoms with Gasteiger partial charge >= 0.3 is 5.97 Å². The Morgan fingerprint density at radius 2 is 1.66 bits per heavy atom. The molecule has 8 nitrogen and oxygen atoms in total. The van der Waals surface area contributed by atoms with Crippen LogP contribution in [0.3, 0.4) is 0 Å². The van der Waals surface area contributed by atoms with Gasteiger partial charge in [0.05, 0.1) is 36.6 Å². The Morgan fingerprint density at radius 3 is 2.24 bits per heavy atom. The van der Waals surface area contributed by atoms with Crippen molar-refractivity contribution in [1.82, 2.24) is 0 Å². The van der Waals surface area contributed by atoms with Crippen LogP contribution >= 0.6 is 0 Å². The zero-order valence-electron chi connectivity index (χ0n) is 26.3. The number of hydrogen-bond acceptors (Lipinski definition) is 8. The van der Waals surface area contributed by atoms with Gasteiger partial charge in [0.25, 0.3) is 0 Å². The van der Waals surface area contributed by atoms with Crippen LogP contribution in [0, 0.1) is 0 Å². The Bertz CT molecular complexity index is 915. The van der Waals surface area contributed by atoms with Gasteiger partial charge in [-0.15, -0.1) is 0 Å². The topological polar surface area (TPSA) is 104 Å². The van der Waals surface area contributed by atoms with Crippen molar-refractivity contribution >= 4 is 14.3 Å². The first kappa shape index (κ1) is 35.4. The van der Waals surface area contributed by atoms with Crippen LogP contribution in [0.4, 0.5) is 0 Å². The van der Waals surface area contributed by atoms with E-state index in [1.165, 1.54) is 6.08 Å². The number of carbonyl (C=O) groups excluding carboxylic acids is 1. The van der Waals surface area contributed by atoms with Crippen molar-refractivity contribution in [2.45, 2.75) is 141 Å². The zero-order valence-corrected chi connectivity index (χ0v) is 27.3. The fourth-order valence-electron chi connectivity index (χ4n) is 5.30. The predicted molar refractivity (Wildman–Crippen MR) is 162 cm³/mol. The van der Waals surface area contributed by atoms with Gasteiger partial charge in [-0.05, 0) is 63.2 Å². The van der Waals surface area contributed by atoms with Crippen LogP contribution in [0.1, 0.15) is 92.6 Å². The average Bonchev–Trinajstić information content (AvgIpc) is 2.88. The lowest BCUT2D eigenvalue weighted by Crippen LogP contribution is -2.42. The molecular weight excluding hydrogens is 540 g/mol. The van der Waals surface area contributed by atoms with Gasteiger partial charge in [-0.3, -0.25) is 0 Å². The number of rotatable bonds is 20. The van der Waals surface area contributed by atoms with Crippen LogP contribution in [-0.2, 0) is 34.8 Å². The smallest absolute Gasteiger partial charge is 0.337 e. The van der Waals surface area contributed by atoms with Crippen LogP contribution in [-0.4, -0.2) is 61.0 Å². The number of hydrogen-bond donors (Lipinski definition) is 2. The highest BCUT2D eigenvalue weighted by atomic mass is 28.4. The second kappa shape index (κ2) is 16.8. The van der Waals surface area contributed by atoms with E-state index in [9.17, 15) is 15.0 Å². The Hall–Kier alpha value is -1.75. The molecular formula is C32H54O8Si. The molecule has 3 atom stereocenters. The lowest BCUT2D eigenvalue weighted by Gasteiger charge is -2.36. The first-order valence-electron chi connectivity index (χ1n) is 15.2. The summed E-state index contributed by atoms with van der Waals surface area (Å²) in [4.78, 5) is 12.1. The monoisotopic (exact) mass is 594 g/mol. The molecule has 1 heterocycles. The molecule has 1 aliphatic rings. The zero-order chi connectivity index (χ0) is 30.5. The van der Waals surface area contributed by atoms with Crippen molar-refractivity contribution in [2.75, 3.05) is 6.79 Å². The summed E-state index contributed by atoms with van der Waals surface area (Å²) in [5.41, 5.74) is 0.199. The molecule has 0 amide bonds. The molecule has 0 fully saturated rings. The van der Waals surface area contributed by atoms with Crippen molar-refractivity contribution in [1.29, 1.82) is 0 Å². The molecule has 2 N–H and O–H groups in total. The van der Waals surface area contributed by atoms with Crippen molar-refractivity contribution < 1.29 is 38.4 Å². The normalized spacial score (nSPS) is 17.8. The van der Waals surface area contributed by atoms with E-state index >= 15 is 0 Å². The molecule has 0 spiro atoms. The molecule has 0 radical (unpaired) electrons. The van der Waals surface area contributed by atoms with Crippen molar-refractivity contribution in [3.05, 3.63) is 47.7 Å². The molecule has 234 valence electrons. The Labute approximate surface area is 248 Å². The summed E-state index contributed by atoms with van der Waals surface area (Å²) in [5, 5.41) is 21.5. The molecule has 0 saturated heterocycles. The average molecular weight is 595 g/mol. The van der Waals surface area contributed by atoms with Gasteiger partial charge < -0.3 is 33.6 Å². The number of cyclic esters (lactones) is 1. The van der Waals surface area contributed by atoms with E-state index in [4.69, 9.17) is 23.4 Å². The van der Waals surface area contributed by atoms with Crippen molar-refractivity contribution in [2.24, 2.45) is 0 Å². The third-order valence-electron chi connectivity index (χ3n) is 7.60. The summed E-state index contributed by atoms with van der Waals surface area (Å²) in [5.74, 6) is -0.922. The summed E-state index contributed by atoms with van der Waals surface area (Å²) >= 11 is 0. The number of ether oxygens (including phenoxy) is 4. The number of aliphatic hydroxyl groups is 2. The van der Waals surface area contributed by atoms with Crippen LogP contribution in [0.15, 0.2) is 42.2 Å². The van der Waals surface area contributed by atoms with Gasteiger partial charge in [0.1, 0.15) is 12.6 Å². The number of aliphatic hydroxyl groups excluding tert-OH is 1. The van der Waals surface area contributed by atoms with Gasteiger partial charge in [0, 0.05) is 26.7 Å². The molecule has 1 aromatic rings. The van der Waals surface area contributed by atoms with E-state index < -0.39 is 31.8 Å². The van der Waals surface area contributed by atoms with E-state index in [1.54, 1.807) is 27.7 Å². The van der Waals surface area contributed by atoms with E-state index in [0.29, 0.717) is 44.5 Å². The molecule has 0 saturated carbocycles. The number of benzene rings is 1. The van der Waals surface area contributed by atoms with Gasteiger partial charge in [-0.1, -0.05) is 51.1 Å². The minimum absolute atomic E-state index is 0.139. The fraction of sp³-hybridized carbons (Fsp3) is 0.719. The lowest BCUT2D eigenvalue weighted by molar-refractivity contribution is -0.206. The van der Waals surface area contributed by atoms with Gasteiger partial charge in [0.15, 0.2) is 8.32 Å². The minimum Gasteiger partial charge on any atom is -0.457 e. The van der Waals surface area contributed by atoms with Crippen molar-refractivity contribution in [3.63, 3.8) is 0 Å². The third-order valence-corrected chi connectivity index (χ3v) is 12.3. The lowest BCUT2D eigenvalue weighted by atomic mass is 9.96. The Balaban J connectivity index is 1.95. The van der Waals surface area contributed by atoms with Crippen LogP contribution in [0.5, 0.6) is 0 Å². The van der Waals surface area contributed by atoms with E-state index in [1.807, 2.05) is 30.3 Å². The molecule has 0 bridgehead atoms. The van der Waals surface area contributed by atoms with Gasteiger partial charge in [-0.2, -0.15) is 0 Å². The maximum absolute atomic E-state index is 12.1. The second-order valence-electron chi connectivity index (χ2n) is 12.3. The minimum atomic E-state index is -1.98. The quantitative estimate of drug-likeness (QED) is 0.0753. The Morgan fingerprint density at radius 1 is 1.00 bits per heavy atom. The van der Waals surface area contributed by atoms with Crippen molar-refractivity contribution in [3.8, 4) is 0 Å². The van der Waals surface area contributed by atoms with Crippen LogP contribution in [0.2, 0.25) is 18.1 Å². The molecule has 1 aromatic carbocycles. The molecule has 1 aliphatic heterocycles. The Kier molecular flexibility index (Phi) is 14.5. The maximum Gasteiger partial charge on any atom is 0.337 e. The first-order valence-corrected chi connectivity index (χ1v) is 17.8. The third kappa shape index (κ3) is 13.8. The highest BCUT2D eigenvalue weighted by Gasteiger charge is 2.36. The molecule has 0 aromatic heterocycles. The fourth-order valence-corrected chi connectivity index (χ4v) is 8.19. The highest BCUT2D eigenvalue weighted by molar-refractivity contribution is 6.73. The number of carbonyl (C=O) groups is 1. The highest BCUT2D eigenvalue weighted by Crippen LogP contribution is 2.31. The molecule has 9 heteroatoms. The summed E-state index contributed by atoms with van der Waals surface area (Å²) in [7, 11) is -1.98. The SMILES string of the molecule is CC[Si](CC)(CC)O[C@H](CC1=CC(=O)OC(C)(C)O1)C[C@@H](O)CCCC(CC(C)(C)O)OCOCc1ccccc1. The summed E-state index contributed by atoms with van der Waals surface area (Å²) < 4.78 is 29.6. The largest absolute Gasteiger partial charge is 0.457 e. The molecule has 2 rings (SSSR count). The summed E-state index contributed by atoms with van der Waals surface area (Å²) in [6.07, 6.45) is 3.66. The van der Waals surface area contributed by atoms with Crippen LogP contribution in [0.25, 0.3) is 0 Å². The summed E-state index contributed by atoms with van der Waals surface area (Å²) in [6.45, 7) is 14.1. The van der Waals surface area contributed by atoms with E-state index in [2.05, 4.69) is 20.8 Å². The van der Waals surface area contributed by atoms with Gasteiger partial charge in [-0.25, -0.2) is 4.79 Å². The second-order valence-corrected chi connectivity index (χ2v) is 17.0. The van der Waals surface area contributed by atoms with E-state index in [0.717, 1.165) is 30.1 Å². The maximum atomic E-state index is 12.1. The summed E-state index contributed by atoms with van der Waals surface area (Å²) in [6, 6.07) is 12.9. The van der Waals surface area contributed by atoms with Gasteiger partial charge in [0.2, 0.25) is 5.79 Å². The van der Waals surface area contributed by atoms with E-state index in [-0.39, 0.29) is 19.0 Å². The standard InChI is InChI=1S/C32H54O8Si/c1-8-41(9-2,10-3)40-29(20-28-21-30(34)39-32(6,7)38-28)19-26(33)17-14-18-27(22-31(4,5)35)37-24-36-23-25-15-12-11-13-16-25/h11-13,15-16,21,26-27,29,33,35H,8-10,14,17-20,22-24H2,1-7H3/t26-,27?,29-/m0/s1. The molecule has 0 aliphatic carbocycles. The molecule has 1 unspecified atom stereocenters. The first-order chi connectivity index (χ1) is 19.3. The predicted octanol–water partition coefficient (Wildman–Crippen LogP) is 6.60.